The minimum Gasteiger partial charge on any atom is -0.344 e. The smallest absolute Gasteiger partial charge is 0.335 e. The summed E-state index contributed by atoms with van der Waals surface area (Å²) in [5.74, 6) is -1.41. The van der Waals surface area contributed by atoms with E-state index in [-0.39, 0.29) is 5.57 Å². The topological polar surface area (TPSA) is 71.4 Å². The number of nitrogens with zero attached hydrogens (tertiary/aromatic N) is 2. The summed E-state index contributed by atoms with van der Waals surface area (Å²) in [5, 5.41) is 3.16. The van der Waals surface area contributed by atoms with Crippen molar-refractivity contribution in [1.82, 2.24) is 9.88 Å². The highest BCUT2D eigenvalue weighted by molar-refractivity contribution is 6.42. The Bertz CT molecular complexity index is 1250. The van der Waals surface area contributed by atoms with Crippen molar-refractivity contribution in [3.63, 3.8) is 0 Å². The number of carbonyl (C=O) groups excluding carboxylic acids is 3. The van der Waals surface area contributed by atoms with Gasteiger partial charge in [-0.3, -0.25) is 14.9 Å². The monoisotopic (exact) mass is 467 g/mol. The Morgan fingerprint density at radius 1 is 0.938 bits per heavy atom. The second-order valence-corrected chi connectivity index (χ2v) is 8.10. The first kappa shape index (κ1) is 21.9. The van der Waals surface area contributed by atoms with Crippen molar-refractivity contribution in [3.8, 4) is 0 Å². The van der Waals surface area contributed by atoms with Crippen molar-refractivity contribution in [2.75, 3.05) is 4.90 Å². The summed E-state index contributed by atoms with van der Waals surface area (Å²) in [6.45, 7) is 2.47. The van der Waals surface area contributed by atoms with Gasteiger partial charge >= 0.3 is 6.03 Å². The summed E-state index contributed by atoms with van der Waals surface area (Å²) in [6, 6.07) is 15.2. The molecule has 8 heteroatoms. The lowest BCUT2D eigenvalue weighted by Crippen LogP contribution is -2.54. The molecule has 1 N–H and O–H groups in total. The summed E-state index contributed by atoms with van der Waals surface area (Å²) in [6.07, 6.45) is 4.14. The number of halogens is 2. The van der Waals surface area contributed by atoms with Crippen molar-refractivity contribution in [1.29, 1.82) is 0 Å². The van der Waals surface area contributed by atoms with E-state index in [1.165, 1.54) is 6.08 Å². The van der Waals surface area contributed by atoms with E-state index in [2.05, 4.69) is 5.32 Å². The van der Waals surface area contributed by atoms with Gasteiger partial charge in [0, 0.05) is 18.4 Å². The van der Waals surface area contributed by atoms with Crippen molar-refractivity contribution >= 4 is 52.8 Å². The number of hydrogen-bond acceptors (Lipinski definition) is 3. The molecule has 4 rings (SSSR count). The van der Waals surface area contributed by atoms with Crippen LogP contribution in [-0.2, 0) is 22.6 Å². The number of benzene rings is 2. The minimum absolute atomic E-state index is 0.127. The maximum Gasteiger partial charge on any atom is 0.335 e. The molecule has 0 saturated carbocycles. The molecule has 2 heterocycles. The van der Waals surface area contributed by atoms with Crippen molar-refractivity contribution < 1.29 is 14.4 Å². The predicted octanol–water partition coefficient (Wildman–Crippen LogP) is 5.07. The Kier molecular flexibility index (Phi) is 6.17. The Morgan fingerprint density at radius 2 is 1.66 bits per heavy atom. The molecule has 0 unspecified atom stereocenters. The predicted molar refractivity (Wildman–Crippen MR) is 125 cm³/mol. The van der Waals surface area contributed by atoms with Gasteiger partial charge in [-0.2, -0.15) is 0 Å². The molecule has 4 amide bonds. The standard InChI is InChI=1S/C24H19Cl2N3O3/c1-2-15-5-8-17(9-6-15)29-23(31)19(22(30)27-24(29)32)13-18-4-3-11-28(18)14-16-7-10-20(25)21(26)12-16/h3-13H,2,14H2,1H3,(H,27,30,32)/b19-13-. The summed E-state index contributed by atoms with van der Waals surface area (Å²) < 4.78 is 1.87. The Balaban J connectivity index is 1.65. The third-order valence-electron chi connectivity index (χ3n) is 5.20. The van der Waals surface area contributed by atoms with E-state index in [1.54, 1.807) is 30.3 Å². The fourth-order valence-corrected chi connectivity index (χ4v) is 3.78. The van der Waals surface area contributed by atoms with Gasteiger partial charge in [-0.05, 0) is 60.0 Å². The van der Waals surface area contributed by atoms with Crippen LogP contribution in [-0.4, -0.2) is 22.4 Å². The number of hydrogen-bond donors (Lipinski definition) is 1. The van der Waals surface area contributed by atoms with Gasteiger partial charge in [-0.15, -0.1) is 0 Å². The van der Waals surface area contributed by atoms with E-state index in [1.807, 2.05) is 42.0 Å². The van der Waals surface area contributed by atoms with Crippen LogP contribution in [0.25, 0.3) is 6.08 Å². The van der Waals surface area contributed by atoms with Gasteiger partial charge in [-0.1, -0.05) is 48.3 Å². The first-order valence-electron chi connectivity index (χ1n) is 9.97. The molecule has 0 radical (unpaired) electrons. The number of rotatable bonds is 5. The lowest BCUT2D eigenvalue weighted by Gasteiger charge is -2.26. The van der Waals surface area contributed by atoms with Crippen LogP contribution in [0, 0.1) is 0 Å². The zero-order valence-electron chi connectivity index (χ0n) is 17.1. The highest BCUT2D eigenvalue weighted by Gasteiger charge is 2.36. The summed E-state index contributed by atoms with van der Waals surface area (Å²) in [5.41, 5.74) is 2.88. The number of anilines is 1. The van der Waals surface area contributed by atoms with E-state index in [0.717, 1.165) is 22.4 Å². The van der Waals surface area contributed by atoms with Crippen LogP contribution in [0.15, 0.2) is 66.4 Å². The molecule has 1 fully saturated rings. The molecule has 1 saturated heterocycles. The maximum atomic E-state index is 13.1. The minimum atomic E-state index is -0.771. The molecule has 1 aromatic heterocycles. The van der Waals surface area contributed by atoms with Crippen LogP contribution in [0.3, 0.4) is 0 Å². The Labute approximate surface area is 195 Å². The fourth-order valence-electron chi connectivity index (χ4n) is 3.46. The summed E-state index contributed by atoms with van der Waals surface area (Å²) in [4.78, 5) is 39.0. The quantitative estimate of drug-likeness (QED) is 0.420. The van der Waals surface area contributed by atoms with Crippen molar-refractivity contribution in [2.45, 2.75) is 19.9 Å². The van der Waals surface area contributed by atoms with Crippen LogP contribution in [0.2, 0.25) is 10.0 Å². The number of nitrogens with one attached hydrogen (secondary N) is 1. The molecule has 0 aliphatic carbocycles. The Hall–Kier alpha value is -3.35. The first-order chi connectivity index (χ1) is 15.4. The average molecular weight is 468 g/mol. The lowest BCUT2D eigenvalue weighted by atomic mass is 10.1. The van der Waals surface area contributed by atoms with Gasteiger partial charge in [0.25, 0.3) is 11.8 Å². The molecule has 0 bridgehead atoms. The van der Waals surface area contributed by atoms with Gasteiger partial charge in [-0.25, -0.2) is 9.69 Å². The second kappa shape index (κ2) is 9.02. The highest BCUT2D eigenvalue weighted by atomic mass is 35.5. The van der Waals surface area contributed by atoms with Crippen molar-refractivity contribution in [2.24, 2.45) is 0 Å². The molecule has 0 spiro atoms. The zero-order valence-corrected chi connectivity index (χ0v) is 18.7. The largest absolute Gasteiger partial charge is 0.344 e. The number of amides is 4. The third-order valence-corrected chi connectivity index (χ3v) is 5.94. The Morgan fingerprint density at radius 3 is 2.34 bits per heavy atom. The van der Waals surface area contributed by atoms with Gasteiger partial charge in [0.2, 0.25) is 0 Å². The van der Waals surface area contributed by atoms with Crippen molar-refractivity contribution in [3.05, 3.63) is 93.2 Å². The molecule has 0 atom stereocenters. The maximum absolute atomic E-state index is 13.1. The number of aryl methyl sites for hydroxylation is 1. The van der Waals surface area contributed by atoms with E-state index < -0.39 is 17.8 Å². The zero-order chi connectivity index (χ0) is 22.8. The summed E-state index contributed by atoms with van der Waals surface area (Å²) in [7, 11) is 0. The van der Waals surface area contributed by atoms with E-state index in [4.69, 9.17) is 23.2 Å². The van der Waals surface area contributed by atoms with Gasteiger partial charge < -0.3 is 4.57 Å². The molecule has 6 nitrogen and oxygen atoms in total. The fraction of sp³-hybridized carbons (Fsp3) is 0.125. The van der Waals surface area contributed by atoms with Crippen LogP contribution in [0.4, 0.5) is 10.5 Å². The average Bonchev–Trinajstić information content (AvgIpc) is 3.20. The number of aromatic nitrogens is 1. The van der Waals surface area contributed by atoms with Crippen LogP contribution in [0.5, 0.6) is 0 Å². The molecule has 32 heavy (non-hydrogen) atoms. The second-order valence-electron chi connectivity index (χ2n) is 7.29. The van der Waals surface area contributed by atoms with Gasteiger partial charge in [0.1, 0.15) is 5.57 Å². The summed E-state index contributed by atoms with van der Waals surface area (Å²) >= 11 is 12.1. The van der Waals surface area contributed by atoms with Crippen LogP contribution >= 0.6 is 23.2 Å². The van der Waals surface area contributed by atoms with E-state index in [0.29, 0.717) is 28.0 Å². The van der Waals surface area contributed by atoms with Crippen LogP contribution < -0.4 is 10.2 Å². The first-order valence-corrected chi connectivity index (χ1v) is 10.7. The normalized spacial score (nSPS) is 15.4. The molecule has 3 aromatic rings. The molecule has 2 aromatic carbocycles. The molecule has 1 aliphatic heterocycles. The molecular weight excluding hydrogens is 449 g/mol. The SMILES string of the molecule is CCc1ccc(N2C(=O)NC(=O)/C(=C/c3cccn3Cc3ccc(Cl)c(Cl)c3)C2=O)cc1. The van der Waals surface area contributed by atoms with E-state index >= 15 is 0 Å². The highest BCUT2D eigenvalue weighted by Crippen LogP contribution is 2.25. The third kappa shape index (κ3) is 4.33. The van der Waals surface area contributed by atoms with Gasteiger partial charge in [0.15, 0.2) is 0 Å². The molecular formula is C24H19Cl2N3O3. The number of carbonyl (C=O) groups is 3. The van der Waals surface area contributed by atoms with Crippen LogP contribution in [0.1, 0.15) is 23.7 Å². The molecule has 162 valence electrons. The lowest BCUT2D eigenvalue weighted by molar-refractivity contribution is -0.122. The van der Waals surface area contributed by atoms with Gasteiger partial charge in [0.05, 0.1) is 15.7 Å². The number of urea groups is 1. The number of imide groups is 2. The molecule has 1 aliphatic rings. The number of barbiturate groups is 1. The van der Waals surface area contributed by atoms with E-state index in [9.17, 15) is 14.4 Å².